The lowest BCUT2D eigenvalue weighted by molar-refractivity contribution is 0.0977. The molecule has 0 aliphatic carbocycles. The van der Waals surface area contributed by atoms with Gasteiger partial charge in [0.15, 0.2) is 5.78 Å². The summed E-state index contributed by atoms with van der Waals surface area (Å²) in [7, 11) is 4.00. The maximum absolute atomic E-state index is 13.2. The van der Waals surface area contributed by atoms with Gasteiger partial charge in [0.25, 0.3) is 0 Å². The van der Waals surface area contributed by atoms with Crippen molar-refractivity contribution in [3.05, 3.63) is 65.4 Å². The molecule has 2 atom stereocenters. The monoisotopic (exact) mass is 416 g/mol. The number of benzene rings is 2. The molecule has 162 valence electrons. The molecule has 2 saturated heterocycles. The summed E-state index contributed by atoms with van der Waals surface area (Å²) in [4.78, 5) is 17.9. The van der Waals surface area contributed by atoms with Gasteiger partial charge in [-0.2, -0.15) is 0 Å². The Labute approximate surface area is 184 Å². The zero-order valence-corrected chi connectivity index (χ0v) is 18.6. The zero-order valence-electron chi connectivity index (χ0n) is 18.6. The van der Waals surface area contributed by atoms with E-state index in [1.54, 1.807) is 4.68 Å². The van der Waals surface area contributed by atoms with Gasteiger partial charge >= 0.3 is 0 Å². The van der Waals surface area contributed by atoms with E-state index < -0.39 is 0 Å². The molecular weight excluding hydrogens is 384 g/mol. The second-order valence-corrected chi connectivity index (χ2v) is 9.40. The molecular formula is C26H32N4O. The molecule has 2 aliphatic heterocycles. The van der Waals surface area contributed by atoms with E-state index in [1.165, 1.54) is 50.8 Å². The summed E-state index contributed by atoms with van der Waals surface area (Å²) < 4.78 is 1.73. The minimum atomic E-state index is 0.0602. The molecule has 0 radical (unpaired) electrons. The van der Waals surface area contributed by atoms with Gasteiger partial charge in [-0.3, -0.25) is 9.47 Å². The lowest BCUT2D eigenvalue weighted by Gasteiger charge is -2.42. The molecule has 0 bridgehead atoms. The fourth-order valence-corrected chi connectivity index (χ4v) is 5.50. The largest absolute Gasteiger partial charge is 0.378 e. The van der Waals surface area contributed by atoms with Crippen LogP contribution in [0.4, 0.5) is 5.69 Å². The molecule has 1 aromatic heterocycles. The summed E-state index contributed by atoms with van der Waals surface area (Å²) in [6, 6.07) is 14.5. The highest BCUT2D eigenvalue weighted by molar-refractivity contribution is 6.11. The van der Waals surface area contributed by atoms with E-state index >= 15 is 0 Å². The number of anilines is 1. The van der Waals surface area contributed by atoms with Crippen LogP contribution in [0, 0.1) is 0 Å². The summed E-state index contributed by atoms with van der Waals surface area (Å²) in [5.41, 5.74) is 4.84. The SMILES string of the molecule is CN(C)c1ccc(C(=O)c2ccc3c(c2)c(C2CCN4CCCCC4C2)cn3N)cc1. The Hall–Kier alpha value is -2.79. The Morgan fingerprint density at radius 3 is 2.55 bits per heavy atom. The van der Waals surface area contributed by atoms with E-state index in [1.807, 2.05) is 55.4 Å². The predicted octanol–water partition coefficient (Wildman–Crippen LogP) is 4.38. The molecule has 3 heterocycles. The second kappa shape index (κ2) is 8.04. The van der Waals surface area contributed by atoms with Crippen molar-refractivity contribution >= 4 is 22.4 Å². The first-order valence-corrected chi connectivity index (χ1v) is 11.5. The molecule has 0 spiro atoms. The second-order valence-electron chi connectivity index (χ2n) is 9.40. The molecule has 5 rings (SSSR count). The normalized spacial score (nSPS) is 21.7. The topological polar surface area (TPSA) is 54.5 Å². The number of carbonyl (C=O) groups excluding carboxylic acids is 1. The van der Waals surface area contributed by atoms with Gasteiger partial charge in [0.1, 0.15) is 0 Å². The molecule has 0 amide bonds. The molecule has 2 aromatic carbocycles. The number of rotatable bonds is 4. The lowest BCUT2D eigenvalue weighted by Crippen LogP contribution is -2.44. The van der Waals surface area contributed by atoms with E-state index in [2.05, 4.69) is 17.2 Å². The predicted molar refractivity (Wildman–Crippen MR) is 127 cm³/mol. The molecule has 2 unspecified atom stereocenters. The summed E-state index contributed by atoms with van der Waals surface area (Å²) in [6.07, 6.45) is 8.45. The Balaban J connectivity index is 1.46. The van der Waals surface area contributed by atoms with Crippen molar-refractivity contribution < 1.29 is 4.79 Å². The smallest absolute Gasteiger partial charge is 0.193 e. The van der Waals surface area contributed by atoms with E-state index in [4.69, 9.17) is 5.84 Å². The van der Waals surface area contributed by atoms with Gasteiger partial charge in [0.05, 0.1) is 5.52 Å². The number of carbonyl (C=O) groups is 1. The van der Waals surface area contributed by atoms with Crippen molar-refractivity contribution in [2.45, 2.75) is 44.1 Å². The van der Waals surface area contributed by atoms with Crippen LogP contribution in [0.2, 0.25) is 0 Å². The molecule has 3 aromatic rings. The lowest BCUT2D eigenvalue weighted by atomic mass is 9.82. The van der Waals surface area contributed by atoms with Crippen molar-refractivity contribution in [3.8, 4) is 0 Å². The van der Waals surface area contributed by atoms with Crippen LogP contribution in [0.5, 0.6) is 0 Å². The summed E-state index contributed by atoms with van der Waals surface area (Å²) in [5.74, 6) is 6.89. The van der Waals surface area contributed by atoms with Crippen LogP contribution in [-0.4, -0.2) is 48.6 Å². The van der Waals surface area contributed by atoms with Crippen LogP contribution in [0.15, 0.2) is 48.7 Å². The fourth-order valence-electron chi connectivity index (χ4n) is 5.50. The molecule has 5 heteroatoms. The van der Waals surface area contributed by atoms with Crippen molar-refractivity contribution in [3.63, 3.8) is 0 Å². The molecule has 5 nitrogen and oxygen atoms in total. The third-order valence-electron chi connectivity index (χ3n) is 7.28. The van der Waals surface area contributed by atoms with Crippen molar-refractivity contribution in [1.82, 2.24) is 9.58 Å². The quantitative estimate of drug-likeness (QED) is 0.506. The van der Waals surface area contributed by atoms with Crippen LogP contribution in [0.25, 0.3) is 10.9 Å². The third kappa shape index (κ3) is 3.72. The Kier molecular flexibility index (Phi) is 5.22. The summed E-state index contributed by atoms with van der Waals surface area (Å²) >= 11 is 0. The van der Waals surface area contributed by atoms with Gasteiger partial charge in [0, 0.05) is 48.5 Å². The Bertz CT molecular complexity index is 1100. The van der Waals surface area contributed by atoms with Crippen molar-refractivity contribution in [2.24, 2.45) is 0 Å². The van der Waals surface area contributed by atoms with Gasteiger partial charge in [-0.25, -0.2) is 0 Å². The molecule has 2 fully saturated rings. The van der Waals surface area contributed by atoms with E-state index in [-0.39, 0.29) is 5.78 Å². The fraction of sp³-hybridized carbons (Fsp3) is 0.423. The van der Waals surface area contributed by atoms with Crippen LogP contribution in [0.1, 0.15) is 59.5 Å². The first-order valence-electron chi connectivity index (χ1n) is 11.5. The van der Waals surface area contributed by atoms with Gasteiger partial charge < -0.3 is 15.6 Å². The molecule has 0 saturated carbocycles. The van der Waals surface area contributed by atoms with Crippen LogP contribution in [-0.2, 0) is 0 Å². The number of fused-ring (bicyclic) bond motifs is 2. The number of nitrogens with two attached hydrogens (primary N) is 1. The molecule has 2 aliphatic rings. The number of hydrogen-bond donors (Lipinski definition) is 1. The minimum Gasteiger partial charge on any atom is -0.378 e. The van der Waals surface area contributed by atoms with Crippen LogP contribution in [0.3, 0.4) is 0 Å². The number of aromatic nitrogens is 1. The average molecular weight is 417 g/mol. The van der Waals surface area contributed by atoms with Crippen molar-refractivity contribution in [1.29, 1.82) is 0 Å². The first kappa shape index (κ1) is 20.1. The van der Waals surface area contributed by atoms with Crippen LogP contribution < -0.4 is 10.7 Å². The number of nitrogens with zero attached hydrogens (tertiary/aromatic N) is 3. The van der Waals surface area contributed by atoms with Crippen LogP contribution >= 0.6 is 0 Å². The minimum absolute atomic E-state index is 0.0602. The highest BCUT2D eigenvalue weighted by Gasteiger charge is 2.32. The number of hydrogen-bond acceptors (Lipinski definition) is 4. The van der Waals surface area contributed by atoms with Gasteiger partial charge in [0.2, 0.25) is 0 Å². The third-order valence-corrected chi connectivity index (χ3v) is 7.28. The van der Waals surface area contributed by atoms with Gasteiger partial charge in [-0.05, 0) is 92.7 Å². The highest BCUT2D eigenvalue weighted by atomic mass is 16.1. The van der Waals surface area contributed by atoms with E-state index in [0.717, 1.165) is 22.2 Å². The molecule has 2 N–H and O–H groups in total. The maximum Gasteiger partial charge on any atom is 0.193 e. The summed E-state index contributed by atoms with van der Waals surface area (Å²) in [6.45, 7) is 2.42. The van der Waals surface area contributed by atoms with E-state index in [0.29, 0.717) is 17.5 Å². The van der Waals surface area contributed by atoms with Crippen molar-refractivity contribution in [2.75, 3.05) is 37.9 Å². The number of piperidine rings is 2. The standard InChI is InChI=1S/C26H32N4O/c1-28(2)21-9-6-18(7-10-21)26(31)20-8-11-25-23(16-20)24(17-30(25)27)19-12-14-29-13-4-3-5-22(29)15-19/h6-11,16-17,19,22H,3-5,12-15,27H2,1-2H3. The first-order chi connectivity index (χ1) is 15.0. The van der Waals surface area contributed by atoms with Gasteiger partial charge in [-0.15, -0.1) is 0 Å². The Morgan fingerprint density at radius 2 is 1.77 bits per heavy atom. The van der Waals surface area contributed by atoms with Gasteiger partial charge in [-0.1, -0.05) is 6.42 Å². The number of nitrogen functional groups attached to an aromatic ring is 1. The zero-order chi connectivity index (χ0) is 21.5. The highest BCUT2D eigenvalue weighted by Crippen LogP contribution is 2.39. The summed E-state index contributed by atoms with van der Waals surface area (Å²) in [5, 5.41) is 1.13. The Morgan fingerprint density at radius 1 is 1.00 bits per heavy atom. The van der Waals surface area contributed by atoms with E-state index in [9.17, 15) is 4.79 Å². The molecule has 31 heavy (non-hydrogen) atoms. The number of ketones is 1. The average Bonchev–Trinajstić information content (AvgIpc) is 3.14. The maximum atomic E-state index is 13.2.